The number of oxime groups is 1. The minimum absolute atomic E-state index is 0.224. The molecule has 2 aromatic rings. The minimum Gasteiger partial charge on any atom is -0.606 e. The van der Waals surface area contributed by atoms with Gasteiger partial charge in [-0.25, -0.2) is 0 Å². The SMILES string of the molecule is Cc1ccccc1[N-]C([NH2+]OCc1ccccc1)=C1NON=C1N. The number of hydrogen-bond acceptors (Lipinski definition) is 5. The molecule has 124 valence electrons. The minimum atomic E-state index is 0.224. The normalized spacial score (nSPS) is 15.3. The van der Waals surface area contributed by atoms with Gasteiger partial charge in [0.15, 0.2) is 11.5 Å². The zero-order valence-electron chi connectivity index (χ0n) is 13.3. The van der Waals surface area contributed by atoms with Crippen molar-refractivity contribution in [3.05, 3.63) is 82.6 Å². The topological polar surface area (TPSA) is 99.6 Å². The van der Waals surface area contributed by atoms with Gasteiger partial charge in [-0.2, -0.15) is 15.8 Å². The number of hydroxylamine groups is 2. The molecule has 1 aliphatic heterocycles. The fourth-order valence-corrected chi connectivity index (χ4v) is 2.15. The van der Waals surface area contributed by atoms with Crippen LogP contribution in [0.4, 0.5) is 5.69 Å². The second-order valence-electron chi connectivity index (χ2n) is 5.24. The molecule has 2 aromatic carbocycles. The first-order valence-electron chi connectivity index (χ1n) is 7.50. The third-order valence-electron chi connectivity index (χ3n) is 3.45. The highest BCUT2D eigenvalue weighted by Crippen LogP contribution is 2.26. The van der Waals surface area contributed by atoms with E-state index in [0.717, 1.165) is 16.8 Å². The molecule has 24 heavy (non-hydrogen) atoms. The number of hydrogen-bond donors (Lipinski definition) is 3. The maximum absolute atomic E-state index is 5.82. The predicted octanol–water partition coefficient (Wildman–Crippen LogP) is 1.67. The average Bonchev–Trinajstić information content (AvgIpc) is 3.03. The molecular weight excluding hydrogens is 306 g/mol. The molecule has 0 bridgehead atoms. The number of benzene rings is 2. The molecule has 0 aliphatic carbocycles. The van der Waals surface area contributed by atoms with Crippen molar-refractivity contribution in [2.75, 3.05) is 0 Å². The van der Waals surface area contributed by atoms with Crippen LogP contribution in [0.3, 0.4) is 0 Å². The largest absolute Gasteiger partial charge is 0.606 e. The van der Waals surface area contributed by atoms with Crippen molar-refractivity contribution < 1.29 is 15.3 Å². The van der Waals surface area contributed by atoms with Crippen LogP contribution < -0.4 is 16.7 Å². The fourth-order valence-electron chi connectivity index (χ4n) is 2.15. The van der Waals surface area contributed by atoms with Crippen LogP contribution in [0.1, 0.15) is 11.1 Å². The van der Waals surface area contributed by atoms with E-state index in [1.807, 2.05) is 61.5 Å². The van der Waals surface area contributed by atoms with E-state index in [1.165, 1.54) is 0 Å². The van der Waals surface area contributed by atoms with Crippen molar-refractivity contribution in [2.45, 2.75) is 13.5 Å². The molecule has 5 N–H and O–H groups in total. The summed E-state index contributed by atoms with van der Waals surface area (Å²) < 4.78 is 0. The van der Waals surface area contributed by atoms with Gasteiger partial charge in [0.25, 0.3) is 0 Å². The van der Waals surface area contributed by atoms with Crippen LogP contribution in [-0.2, 0) is 16.4 Å². The third-order valence-corrected chi connectivity index (χ3v) is 3.45. The molecule has 0 saturated heterocycles. The number of para-hydroxylation sites is 1. The summed E-state index contributed by atoms with van der Waals surface area (Å²) in [6.45, 7) is 2.42. The highest BCUT2D eigenvalue weighted by atomic mass is 16.8. The summed E-state index contributed by atoms with van der Waals surface area (Å²) in [7, 11) is 0. The number of aryl methyl sites for hydroxylation is 1. The van der Waals surface area contributed by atoms with Crippen LogP contribution in [0.15, 0.2) is 71.3 Å². The number of nitrogens with zero attached hydrogens (tertiary/aromatic N) is 2. The molecule has 0 saturated carbocycles. The van der Waals surface area contributed by atoms with Crippen LogP contribution in [0.5, 0.6) is 0 Å². The molecule has 0 fully saturated rings. The van der Waals surface area contributed by atoms with Gasteiger partial charge in [-0.1, -0.05) is 60.2 Å². The Hall–Kier alpha value is -3.03. The highest BCUT2D eigenvalue weighted by Gasteiger charge is 2.16. The Morgan fingerprint density at radius 3 is 2.67 bits per heavy atom. The summed E-state index contributed by atoms with van der Waals surface area (Å²) in [6.07, 6.45) is 0. The molecule has 7 nitrogen and oxygen atoms in total. The van der Waals surface area contributed by atoms with Crippen LogP contribution in [0.2, 0.25) is 0 Å². The maximum Gasteiger partial charge on any atom is 0.197 e. The first-order chi connectivity index (χ1) is 11.7. The third kappa shape index (κ3) is 3.83. The number of nitrogens with two attached hydrogens (primary N) is 2. The Balaban J connectivity index is 1.74. The van der Waals surface area contributed by atoms with Crippen molar-refractivity contribution in [3.63, 3.8) is 0 Å². The molecule has 1 heterocycles. The summed E-state index contributed by atoms with van der Waals surface area (Å²) in [5, 5.41) is 8.28. The van der Waals surface area contributed by atoms with Crippen molar-refractivity contribution in [3.8, 4) is 0 Å². The van der Waals surface area contributed by atoms with Gasteiger partial charge >= 0.3 is 0 Å². The van der Waals surface area contributed by atoms with Crippen LogP contribution in [-0.4, -0.2) is 5.84 Å². The average molecular weight is 325 g/mol. The molecule has 0 aromatic heterocycles. The zero-order valence-corrected chi connectivity index (χ0v) is 13.3. The molecular formula is C17H19N5O2. The van der Waals surface area contributed by atoms with Gasteiger partial charge < -0.3 is 11.1 Å². The van der Waals surface area contributed by atoms with E-state index in [-0.39, 0.29) is 5.84 Å². The van der Waals surface area contributed by atoms with Gasteiger partial charge in [0.05, 0.1) is 5.82 Å². The molecule has 7 heteroatoms. The lowest BCUT2D eigenvalue weighted by Crippen LogP contribution is -2.81. The van der Waals surface area contributed by atoms with Crippen LogP contribution >= 0.6 is 0 Å². The molecule has 0 amide bonds. The quantitative estimate of drug-likeness (QED) is 0.703. The summed E-state index contributed by atoms with van der Waals surface area (Å²) in [6, 6.07) is 17.7. The van der Waals surface area contributed by atoms with Gasteiger partial charge in [-0.3, -0.25) is 4.94 Å². The van der Waals surface area contributed by atoms with Gasteiger partial charge in [0.1, 0.15) is 6.61 Å². The molecule has 1 aliphatic rings. The standard InChI is InChI=1S/C17H18N5O2/c1-12-7-5-6-10-14(12)19-17(15-16(18)21-24-20-15)22-23-11-13-8-3-2-4-9-13/h2-10,20,22H,11H2,1H3,(H2,18,21)/q-1/p+1. The Morgan fingerprint density at radius 1 is 1.21 bits per heavy atom. The summed E-state index contributed by atoms with van der Waals surface area (Å²) >= 11 is 0. The fraction of sp³-hybridized carbons (Fsp3) is 0.118. The van der Waals surface area contributed by atoms with Crippen molar-refractivity contribution >= 4 is 11.5 Å². The molecule has 0 spiro atoms. The van der Waals surface area contributed by atoms with Crippen molar-refractivity contribution in [2.24, 2.45) is 10.9 Å². The highest BCUT2D eigenvalue weighted by molar-refractivity contribution is 5.97. The summed E-state index contributed by atoms with van der Waals surface area (Å²) in [5.41, 5.74) is 13.4. The van der Waals surface area contributed by atoms with E-state index in [1.54, 1.807) is 5.48 Å². The van der Waals surface area contributed by atoms with E-state index < -0.39 is 0 Å². The molecule has 0 atom stereocenters. The lowest BCUT2D eigenvalue weighted by Gasteiger charge is -2.25. The van der Waals surface area contributed by atoms with E-state index in [0.29, 0.717) is 18.1 Å². The monoisotopic (exact) mass is 325 g/mol. The molecule has 0 unspecified atom stereocenters. The van der Waals surface area contributed by atoms with Crippen LogP contribution in [0, 0.1) is 6.92 Å². The predicted molar refractivity (Wildman–Crippen MR) is 90.2 cm³/mol. The van der Waals surface area contributed by atoms with Gasteiger partial charge in [-0.15, -0.1) is 5.69 Å². The molecule has 3 rings (SSSR count). The van der Waals surface area contributed by atoms with E-state index >= 15 is 0 Å². The maximum atomic E-state index is 5.82. The Bertz CT molecular complexity index is 759. The number of nitrogens with one attached hydrogen (secondary N) is 1. The number of quaternary nitrogens is 1. The summed E-state index contributed by atoms with van der Waals surface area (Å²) in [4.78, 5) is 10.5. The first-order valence-corrected chi connectivity index (χ1v) is 7.50. The second kappa shape index (κ2) is 7.49. The first kappa shape index (κ1) is 15.9. The van der Waals surface area contributed by atoms with Crippen molar-refractivity contribution in [1.29, 1.82) is 0 Å². The van der Waals surface area contributed by atoms with E-state index in [4.69, 9.17) is 15.5 Å². The van der Waals surface area contributed by atoms with Gasteiger partial charge in [0, 0.05) is 0 Å². The van der Waals surface area contributed by atoms with E-state index in [9.17, 15) is 0 Å². The second-order valence-corrected chi connectivity index (χ2v) is 5.24. The summed E-state index contributed by atoms with van der Waals surface area (Å²) in [5.74, 6) is 0.737. The lowest BCUT2D eigenvalue weighted by atomic mass is 10.2. The van der Waals surface area contributed by atoms with Crippen LogP contribution in [0.25, 0.3) is 5.32 Å². The smallest absolute Gasteiger partial charge is 0.197 e. The van der Waals surface area contributed by atoms with E-state index in [2.05, 4.69) is 16.0 Å². The van der Waals surface area contributed by atoms with Gasteiger partial charge in [-0.05, 0) is 17.6 Å². The number of amidine groups is 1. The zero-order chi connectivity index (χ0) is 16.8. The van der Waals surface area contributed by atoms with Crippen molar-refractivity contribution in [1.82, 2.24) is 5.48 Å². The Kier molecular flexibility index (Phi) is 4.95. The Morgan fingerprint density at radius 2 is 1.96 bits per heavy atom. The lowest BCUT2D eigenvalue weighted by molar-refractivity contribution is -0.864. The Labute approximate surface area is 140 Å². The molecule has 0 radical (unpaired) electrons. The van der Waals surface area contributed by atoms with Gasteiger partial charge in [0.2, 0.25) is 0 Å². The number of rotatable bonds is 6.